The number of hydrogen-bond acceptors (Lipinski definition) is 1. The molecule has 1 nitrogen and oxygen atoms in total. The summed E-state index contributed by atoms with van der Waals surface area (Å²) in [5, 5.41) is 7.62. The summed E-state index contributed by atoms with van der Waals surface area (Å²) in [6.45, 7) is 4.72. The molecular formula is C47H35N. The number of allylic oxidation sites excluding steroid dienone is 1. The van der Waals surface area contributed by atoms with Crippen LogP contribution in [-0.4, -0.2) is 0 Å². The van der Waals surface area contributed by atoms with Crippen LogP contribution in [-0.2, 0) is 5.41 Å². The van der Waals surface area contributed by atoms with Crippen molar-refractivity contribution < 1.29 is 0 Å². The summed E-state index contributed by atoms with van der Waals surface area (Å²) in [5.74, 6) is 0. The third-order valence-corrected chi connectivity index (χ3v) is 10.2. The van der Waals surface area contributed by atoms with Crippen LogP contribution in [0.3, 0.4) is 0 Å². The second-order valence-corrected chi connectivity index (χ2v) is 13.5. The molecule has 0 bridgehead atoms. The first-order chi connectivity index (χ1) is 23.5. The van der Waals surface area contributed by atoms with Gasteiger partial charge in [0.2, 0.25) is 0 Å². The van der Waals surface area contributed by atoms with Gasteiger partial charge in [-0.15, -0.1) is 0 Å². The smallest absolute Gasteiger partial charge is 0.0459 e. The molecule has 8 aromatic carbocycles. The quantitative estimate of drug-likeness (QED) is 0.187. The van der Waals surface area contributed by atoms with E-state index in [1.807, 2.05) is 0 Å². The summed E-state index contributed by atoms with van der Waals surface area (Å²) in [6, 6.07) is 62.1. The van der Waals surface area contributed by atoms with Gasteiger partial charge < -0.3 is 4.90 Å². The third kappa shape index (κ3) is 4.70. The SMILES string of the molecule is CC1(C)C(N(c2ccc(-c3ccc4ccccc4c3)cc2)c2ccc(-c3ccc4ccccc4c3)cc2)=Cc2c1ccc1ccccc21. The minimum absolute atomic E-state index is 0.201. The summed E-state index contributed by atoms with van der Waals surface area (Å²) in [4.78, 5) is 2.46. The highest BCUT2D eigenvalue weighted by Gasteiger charge is 2.38. The van der Waals surface area contributed by atoms with Crippen molar-refractivity contribution in [3.8, 4) is 22.3 Å². The van der Waals surface area contributed by atoms with Crippen LogP contribution in [0.15, 0.2) is 176 Å². The molecule has 0 atom stereocenters. The molecule has 0 aliphatic heterocycles. The Morgan fingerprint density at radius 2 is 0.833 bits per heavy atom. The van der Waals surface area contributed by atoms with Crippen LogP contribution in [0.25, 0.3) is 60.6 Å². The van der Waals surface area contributed by atoms with Crippen molar-refractivity contribution in [2.45, 2.75) is 19.3 Å². The maximum atomic E-state index is 2.46. The first-order valence-electron chi connectivity index (χ1n) is 16.8. The van der Waals surface area contributed by atoms with Crippen molar-refractivity contribution in [2.24, 2.45) is 0 Å². The molecule has 0 amide bonds. The average molecular weight is 614 g/mol. The predicted molar refractivity (Wildman–Crippen MR) is 206 cm³/mol. The number of anilines is 2. The molecule has 0 unspecified atom stereocenters. The van der Waals surface area contributed by atoms with Crippen molar-refractivity contribution in [3.63, 3.8) is 0 Å². The number of fused-ring (bicyclic) bond motifs is 5. The number of hydrogen-bond donors (Lipinski definition) is 0. The van der Waals surface area contributed by atoms with Crippen molar-refractivity contribution in [1.82, 2.24) is 0 Å². The Bertz CT molecular complexity index is 2390. The topological polar surface area (TPSA) is 3.24 Å². The molecule has 48 heavy (non-hydrogen) atoms. The molecule has 0 saturated heterocycles. The van der Waals surface area contributed by atoms with Gasteiger partial charge >= 0.3 is 0 Å². The van der Waals surface area contributed by atoms with E-state index < -0.39 is 0 Å². The van der Waals surface area contributed by atoms with Crippen LogP contribution < -0.4 is 4.90 Å². The first kappa shape index (κ1) is 28.3. The zero-order valence-electron chi connectivity index (χ0n) is 27.2. The van der Waals surface area contributed by atoms with Gasteiger partial charge in [-0.3, -0.25) is 0 Å². The Morgan fingerprint density at radius 3 is 1.38 bits per heavy atom. The van der Waals surface area contributed by atoms with Crippen molar-refractivity contribution in [2.75, 3.05) is 4.90 Å². The molecule has 9 rings (SSSR count). The Labute approximate surface area is 282 Å². The van der Waals surface area contributed by atoms with Gasteiger partial charge in [0, 0.05) is 22.5 Å². The Kier molecular flexibility index (Phi) is 6.55. The Balaban J connectivity index is 1.16. The minimum atomic E-state index is -0.201. The lowest BCUT2D eigenvalue weighted by molar-refractivity contribution is 0.627. The summed E-state index contributed by atoms with van der Waals surface area (Å²) < 4.78 is 0. The summed E-state index contributed by atoms with van der Waals surface area (Å²) >= 11 is 0. The number of nitrogens with zero attached hydrogens (tertiary/aromatic N) is 1. The maximum Gasteiger partial charge on any atom is 0.0459 e. The zero-order valence-corrected chi connectivity index (χ0v) is 27.2. The van der Waals surface area contributed by atoms with Crippen LogP contribution in [0, 0.1) is 0 Å². The molecule has 1 aliphatic carbocycles. The Hall–Kier alpha value is -5.92. The molecule has 1 aliphatic rings. The largest absolute Gasteiger partial charge is 0.313 e. The summed E-state index contributed by atoms with van der Waals surface area (Å²) in [7, 11) is 0. The Morgan fingerprint density at radius 1 is 0.396 bits per heavy atom. The lowest BCUT2D eigenvalue weighted by Gasteiger charge is -2.35. The van der Waals surface area contributed by atoms with E-state index in [9.17, 15) is 0 Å². The molecule has 0 aromatic heterocycles. The lowest BCUT2D eigenvalue weighted by atomic mass is 9.82. The summed E-state index contributed by atoms with van der Waals surface area (Å²) in [6.07, 6.45) is 2.42. The van der Waals surface area contributed by atoms with E-state index in [1.54, 1.807) is 0 Å². The predicted octanol–water partition coefficient (Wildman–Crippen LogP) is 13.0. The van der Waals surface area contributed by atoms with E-state index in [-0.39, 0.29) is 5.41 Å². The second-order valence-electron chi connectivity index (χ2n) is 13.5. The fraction of sp³-hybridized carbons (Fsp3) is 0.0638. The fourth-order valence-corrected chi connectivity index (χ4v) is 7.57. The molecule has 0 fully saturated rings. The van der Waals surface area contributed by atoms with Gasteiger partial charge in [0.25, 0.3) is 0 Å². The molecule has 8 aromatic rings. The second kappa shape index (κ2) is 11.1. The van der Waals surface area contributed by atoms with Crippen LogP contribution in [0.5, 0.6) is 0 Å². The lowest BCUT2D eigenvalue weighted by Crippen LogP contribution is -2.29. The van der Waals surface area contributed by atoms with Crippen molar-refractivity contribution in [3.05, 3.63) is 187 Å². The highest BCUT2D eigenvalue weighted by molar-refractivity contribution is 5.97. The molecular weight excluding hydrogens is 579 g/mol. The molecule has 1 heteroatoms. The van der Waals surface area contributed by atoms with Gasteiger partial charge in [0.05, 0.1) is 0 Å². The monoisotopic (exact) mass is 613 g/mol. The number of rotatable bonds is 5. The van der Waals surface area contributed by atoms with E-state index in [0.29, 0.717) is 0 Å². The molecule has 0 heterocycles. The zero-order chi connectivity index (χ0) is 32.2. The summed E-state index contributed by atoms with van der Waals surface area (Å²) in [5.41, 5.74) is 10.9. The fourth-order valence-electron chi connectivity index (χ4n) is 7.57. The van der Waals surface area contributed by atoms with E-state index in [0.717, 1.165) is 11.4 Å². The molecule has 0 N–H and O–H groups in total. The van der Waals surface area contributed by atoms with Crippen molar-refractivity contribution >= 4 is 49.8 Å². The van der Waals surface area contributed by atoms with Crippen molar-refractivity contribution in [1.29, 1.82) is 0 Å². The highest BCUT2D eigenvalue weighted by Crippen LogP contribution is 2.49. The van der Waals surface area contributed by atoms with Gasteiger partial charge in [-0.05, 0) is 108 Å². The average Bonchev–Trinajstić information content (AvgIpc) is 3.41. The van der Waals surface area contributed by atoms with Gasteiger partial charge in [-0.25, -0.2) is 0 Å². The van der Waals surface area contributed by atoms with Gasteiger partial charge in [-0.1, -0.05) is 147 Å². The molecule has 228 valence electrons. The van der Waals surface area contributed by atoms with Gasteiger partial charge in [0.15, 0.2) is 0 Å². The molecule has 0 radical (unpaired) electrons. The first-order valence-corrected chi connectivity index (χ1v) is 16.8. The molecule has 0 saturated carbocycles. The van der Waals surface area contributed by atoms with E-state index in [1.165, 1.54) is 71.4 Å². The number of benzene rings is 8. The van der Waals surface area contributed by atoms with Gasteiger partial charge in [0.1, 0.15) is 0 Å². The van der Waals surface area contributed by atoms with Crippen LogP contribution in [0.2, 0.25) is 0 Å². The minimum Gasteiger partial charge on any atom is -0.313 e. The van der Waals surface area contributed by atoms with Crippen LogP contribution >= 0.6 is 0 Å². The normalized spacial score (nSPS) is 13.5. The third-order valence-electron chi connectivity index (χ3n) is 10.2. The van der Waals surface area contributed by atoms with E-state index >= 15 is 0 Å². The maximum absolute atomic E-state index is 2.46. The van der Waals surface area contributed by atoms with Crippen LogP contribution in [0.1, 0.15) is 25.0 Å². The molecule has 0 spiro atoms. The van der Waals surface area contributed by atoms with E-state index in [4.69, 9.17) is 0 Å². The van der Waals surface area contributed by atoms with E-state index in [2.05, 4.69) is 195 Å². The highest BCUT2D eigenvalue weighted by atomic mass is 15.2. The van der Waals surface area contributed by atoms with Gasteiger partial charge in [-0.2, -0.15) is 0 Å². The van der Waals surface area contributed by atoms with Crippen LogP contribution in [0.4, 0.5) is 11.4 Å². The standard InChI is InChI=1S/C47H35N/c1-47(2)45-28-23-36-11-7-8-14-43(36)44(45)31-46(47)48(41-24-19-34(20-25-41)39-17-15-32-9-3-5-12-37(32)29-39)42-26-21-35(22-27-42)40-18-16-33-10-4-6-13-38(33)30-40/h3-31H,1-2H3.